The van der Waals surface area contributed by atoms with Crippen LogP contribution in [-0.2, 0) is 0 Å². The van der Waals surface area contributed by atoms with Crippen molar-refractivity contribution >= 4 is 22.6 Å². The van der Waals surface area contributed by atoms with E-state index < -0.39 is 0 Å². The maximum Gasteiger partial charge on any atom is 0.0641 e. The second-order valence-electron chi connectivity index (χ2n) is 4.22. The molecule has 3 nitrogen and oxygen atoms in total. The van der Waals surface area contributed by atoms with Gasteiger partial charge in [-0.3, -0.25) is 4.90 Å². The number of benzene rings is 1. The molecule has 1 fully saturated rings. The number of hydrogen-bond acceptors (Lipinski definition) is 3. The van der Waals surface area contributed by atoms with Crippen LogP contribution in [0.2, 0.25) is 0 Å². The fraction of sp³-hybridized carbons (Fsp3) is 0.462. The zero-order valence-electron chi connectivity index (χ0n) is 9.69. The number of hydrogen-bond donors (Lipinski definition) is 1. The first-order valence-corrected chi connectivity index (χ1v) is 6.96. The van der Waals surface area contributed by atoms with Gasteiger partial charge in [-0.25, -0.2) is 0 Å². The molecule has 1 aliphatic heterocycles. The fourth-order valence-electron chi connectivity index (χ4n) is 2.22. The van der Waals surface area contributed by atoms with Gasteiger partial charge in [-0.05, 0) is 40.3 Å². The monoisotopic (exact) mass is 341 g/mol. The Morgan fingerprint density at radius 3 is 2.53 bits per heavy atom. The SMILES string of the molecule is N#CC[C@H](c1ccc(I)cc1)N1CCNCC1. The lowest BCUT2D eigenvalue weighted by Crippen LogP contribution is -2.45. The van der Waals surface area contributed by atoms with E-state index >= 15 is 0 Å². The van der Waals surface area contributed by atoms with E-state index in [0.29, 0.717) is 6.42 Å². The van der Waals surface area contributed by atoms with E-state index in [1.54, 1.807) is 0 Å². The number of nitrogens with zero attached hydrogens (tertiary/aromatic N) is 2. The van der Waals surface area contributed by atoms with Crippen LogP contribution in [0.3, 0.4) is 0 Å². The molecule has 1 heterocycles. The highest BCUT2D eigenvalue weighted by atomic mass is 127. The van der Waals surface area contributed by atoms with E-state index in [1.165, 1.54) is 9.13 Å². The van der Waals surface area contributed by atoms with Gasteiger partial charge in [0.2, 0.25) is 0 Å². The lowest BCUT2D eigenvalue weighted by molar-refractivity contribution is 0.175. The first kappa shape index (κ1) is 12.8. The van der Waals surface area contributed by atoms with Crippen molar-refractivity contribution in [3.63, 3.8) is 0 Å². The summed E-state index contributed by atoms with van der Waals surface area (Å²) in [5, 5.41) is 12.3. The molecule has 0 amide bonds. The van der Waals surface area contributed by atoms with Crippen LogP contribution in [0, 0.1) is 14.9 Å². The minimum absolute atomic E-state index is 0.249. The number of nitriles is 1. The third kappa shape index (κ3) is 3.41. The van der Waals surface area contributed by atoms with Gasteiger partial charge in [-0.1, -0.05) is 12.1 Å². The Morgan fingerprint density at radius 2 is 1.94 bits per heavy atom. The average molecular weight is 341 g/mol. The van der Waals surface area contributed by atoms with Gasteiger partial charge in [-0.2, -0.15) is 5.26 Å². The van der Waals surface area contributed by atoms with Gasteiger partial charge in [-0.15, -0.1) is 0 Å². The van der Waals surface area contributed by atoms with Crippen molar-refractivity contribution < 1.29 is 0 Å². The maximum absolute atomic E-state index is 8.99. The van der Waals surface area contributed by atoms with Gasteiger partial charge in [0.1, 0.15) is 0 Å². The van der Waals surface area contributed by atoms with Gasteiger partial charge in [0.25, 0.3) is 0 Å². The van der Waals surface area contributed by atoms with Crippen molar-refractivity contribution in [1.82, 2.24) is 10.2 Å². The van der Waals surface area contributed by atoms with E-state index in [-0.39, 0.29) is 6.04 Å². The first-order chi connectivity index (χ1) is 8.31. The Balaban J connectivity index is 2.15. The van der Waals surface area contributed by atoms with Crippen molar-refractivity contribution in [3.05, 3.63) is 33.4 Å². The highest BCUT2D eigenvalue weighted by molar-refractivity contribution is 14.1. The van der Waals surface area contributed by atoms with Crippen LogP contribution >= 0.6 is 22.6 Å². The molecule has 0 aromatic heterocycles. The summed E-state index contributed by atoms with van der Waals surface area (Å²) in [7, 11) is 0. The smallest absolute Gasteiger partial charge is 0.0641 e. The summed E-state index contributed by atoms with van der Waals surface area (Å²) < 4.78 is 1.24. The van der Waals surface area contributed by atoms with Crippen molar-refractivity contribution in [2.45, 2.75) is 12.5 Å². The Kier molecular flexibility index (Phi) is 4.77. The van der Waals surface area contributed by atoms with Crippen LogP contribution in [-0.4, -0.2) is 31.1 Å². The van der Waals surface area contributed by atoms with Gasteiger partial charge in [0.05, 0.1) is 12.5 Å². The minimum atomic E-state index is 0.249. The molecule has 1 N–H and O–H groups in total. The van der Waals surface area contributed by atoms with Crippen molar-refractivity contribution in [2.75, 3.05) is 26.2 Å². The summed E-state index contributed by atoms with van der Waals surface area (Å²) >= 11 is 2.31. The lowest BCUT2D eigenvalue weighted by atomic mass is 10.0. The Labute approximate surface area is 116 Å². The van der Waals surface area contributed by atoms with Crippen LogP contribution < -0.4 is 5.32 Å². The fourth-order valence-corrected chi connectivity index (χ4v) is 2.58. The molecule has 90 valence electrons. The van der Waals surface area contributed by atoms with E-state index in [4.69, 9.17) is 5.26 Å². The zero-order chi connectivity index (χ0) is 12.1. The Morgan fingerprint density at radius 1 is 1.29 bits per heavy atom. The van der Waals surface area contributed by atoms with Crippen molar-refractivity contribution in [2.24, 2.45) is 0 Å². The molecule has 17 heavy (non-hydrogen) atoms. The quantitative estimate of drug-likeness (QED) is 0.857. The highest BCUT2D eigenvalue weighted by Crippen LogP contribution is 2.24. The van der Waals surface area contributed by atoms with Gasteiger partial charge in [0, 0.05) is 35.8 Å². The van der Waals surface area contributed by atoms with E-state index in [0.717, 1.165) is 26.2 Å². The predicted molar refractivity (Wildman–Crippen MR) is 76.6 cm³/mol. The van der Waals surface area contributed by atoms with E-state index in [2.05, 4.69) is 63.1 Å². The molecule has 2 rings (SSSR count). The molecule has 1 aromatic rings. The summed E-state index contributed by atoms with van der Waals surface area (Å²) in [5.41, 5.74) is 1.26. The van der Waals surface area contributed by atoms with Gasteiger partial charge >= 0.3 is 0 Å². The molecule has 1 aromatic carbocycles. The van der Waals surface area contributed by atoms with E-state index in [1.807, 2.05) is 0 Å². The molecule has 0 spiro atoms. The predicted octanol–water partition coefficient (Wildman–Crippen LogP) is 2.15. The summed E-state index contributed by atoms with van der Waals surface area (Å²) in [4.78, 5) is 2.40. The van der Waals surface area contributed by atoms with E-state index in [9.17, 15) is 0 Å². The normalized spacial score (nSPS) is 18.6. The summed E-state index contributed by atoms with van der Waals surface area (Å²) in [6, 6.07) is 11.1. The van der Waals surface area contributed by atoms with Crippen LogP contribution in [0.15, 0.2) is 24.3 Å². The largest absolute Gasteiger partial charge is 0.314 e. The molecule has 0 bridgehead atoms. The number of halogens is 1. The molecule has 1 aliphatic rings. The molecule has 4 heteroatoms. The van der Waals surface area contributed by atoms with Gasteiger partial charge < -0.3 is 5.32 Å². The number of nitrogens with one attached hydrogen (secondary N) is 1. The third-order valence-electron chi connectivity index (χ3n) is 3.13. The lowest BCUT2D eigenvalue weighted by Gasteiger charge is -2.34. The van der Waals surface area contributed by atoms with Gasteiger partial charge in [0.15, 0.2) is 0 Å². The first-order valence-electron chi connectivity index (χ1n) is 5.88. The zero-order valence-corrected chi connectivity index (χ0v) is 11.9. The summed E-state index contributed by atoms with van der Waals surface area (Å²) in [5.74, 6) is 0. The summed E-state index contributed by atoms with van der Waals surface area (Å²) in [6.45, 7) is 4.09. The Hall–Kier alpha value is -0.640. The molecule has 1 saturated heterocycles. The molecule has 1 atom stereocenters. The van der Waals surface area contributed by atoms with Crippen LogP contribution in [0.5, 0.6) is 0 Å². The maximum atomic E-state index is 8.99. The molecule has 0 saturated carbocycles. The molecule has 0 radical (unpaired) electrons. The topological polar surface area (TPSA) is 39.1 Å². The number of rotatable bonds is 3. The van der Waals surface area contributed by atoms with Crippen molar-refractivity contribution in [3.8, 4) is 6.07 Å². The highest BCUT2D eigenvalue weighted by Gasteiger charge is 2.21. The molecule has 0 unspecified atom stereocenters. The minimum Gasteiger partial charge on any atom is -0.314 e. The second-order valence-corrected chi connectivity index (χ2v) is 5.46. The van der Waals surface area contributed by atoms with Crippen LogP contribution in [0.1, 0.15) is 18.0 Å². The van der Waals surface area contributed by atoms with Crippen LogP contribution in [0.4, 0.5) is 0 Å². The molecule has 0 aliphatic carbocycles. The second kappa shape index (κ2) is 6.34. The Bertz CT molecular complexity index is 390. The van der Waals surface area contributed by atoms with Crippen molar-refractivity contribution in [1.29, 1.82) is 5.26 Å². The third-order valence-corrected chi connectivity index (χ3v) is 3.85. The molecular weight excluding hydrogens is 325 g/mol. The van der Waals surface area contributed by atoms with Crippen LogP contribution in [0.25, 0.3) is 0 Å². The molecular formula is C13H16IN3. The number of piperazine rings is 1. The average Bonchev–Trinajstić information content (AvgIpc) is 2.38. The standard InChI is InChI=1S/C13H16IN3/c14-12-3-1-11(2-4-12)13(5-6-15)17-9-7-16-8-10-17/h1-4,13,16H,5,7-10H2/t13-/m1/s1. The summed E-state index contributed by atoms with van der Waals surface area (Å²) in [6.07, 6.45) is 0.570.